The van der Waals surface area contributed by atoms with Crippen molar-refractivity contribution in [3.8, 4) is 0 Å². The van der Waals surface area contributed by atoms with Crippen LogP contribution in [-0.2, 0) is 0 Å². The van der Waals surface area contributed by atoms with Gasteiger partial charge in [0, 0.05) is 12.1 Å². The van der Waals surface area contributed by atoms with Crippen LogP contribution in [0.4, 0.5) is 0 Å². The van der Waals surface area contributed by atoms with Gasteiger partial charge in [-0.3, -0.25) is 0 Å². The second-order valence-corrected chi connectivity index (χ2v) is 2.84. The van der Waals surface area contributed by atoms with Crippen molar-refractivity contribution in [2.45, 2.75) is 37.8 Å². The highest BCUT2D eigenvalue weighted by atomic mass is 14.9. The predicted octanol–water partition coefficient (Wildman–Crippen LogP) is 0.476. The minimum Gasteiger partial charge on any atom is -0.326 e. The van der Waals surface area contributed by atoms with E-state index < -0.39 is 0 Å². The van der Waals surface area contributed by atoms with Crippen LogP contribution in [0.3, 0.4) is 0 Å². The van der Waals surface area contributed by atoms with Gasteiger partial charge in [0.05, 0.1) is 0 Å². The van der Waals surface area contributed by atoms with E-state index in [0.717, 1.165) is 0 Å². The number of nitrogens with two attached hydrogens (primary N) is 1. The first-order valence-electron chi connectivity index (χ1n) is 3.77. The molecular weight excluding hydrogens is 112 g/mol. The molecule has 1 rings (SSSR count). The van der Waals surface area contributed by atoms with Crippen molar-refractivity contribution < 1.29 is 0 Å². The average molecular weight is 128 g/mol. The van der Waals surface area contributed by atoms with Crippen LogP contribution < -0.4 is 11.1 Å². The molecule has 0 unspecified atom stereocenters. The summed E-state index contributed by atoms with van der Waals surface area (Å²) >= 11 is 0. The maximum Gasteiger partial charge on any atom is 0.0216 e. The summed E-state index contributed by atoms with van der Waals surface area (Å²) in [5.41, 5.74) is 5.83. The summed E-state index contributed by atoms with van der Waals surface area (Å²) in [7, 11) is 2.00. The van der Waals surface area contributed by atoms with E-state index in [9.17, 15) is 0 Å². The van der Waals surface area contributed by atoms with E-state index >= 15 is 0 Å². The highest BCUT2D eigenvalue weighted by molar-refractivity contribution is 4.81. The minimum atomic E-state index is 0.406. The third kappa shape index (κ3) is 1.66. The Hall–Kier alpha value is -0.0800. The molecule has 54 valence electrons. The van der Waals surface area contributed by atoms with E-state index in [0.29, 0.717) is 12.1 Å². The fourth-order valence-corrected chi connectivity index (χ4v) is 1.52. The molecule has 0 heterocycles. The highest BCUT2D eigenvalue weighted by Crippen LogP contribution is 2.15. The third-order valence-electron chi connectivity index (χ3n) is 2.19. The molecular formula is C7H16N2. The molecule has 0 aromatic heterocycles. The van der Waals surface area contributed by atoms with Crippen LogP contribution in [-0.4, -0.2) is 19.1 Å². The van der Waals surface area contributed by atoms with Crippen molar-refractivity contribution in [3.63, 3.8) is 0 Å². The maximum atomic E-state index is 5.83. The molecule has 2 heteroatoms. The Morgan fingerprint density at radius 3 is 2.44 bits per heavy atom. The van der Waals surface area contributed by atoms with E-state index in [1.54, 1.807) is 0 Å². The topological polar surface area (TPSA) is 38.0 Å². The van der Waals surface area contributed by atoms with E-state index in [4.69, 9.17) is 5.73 Å². The van der Waals surface area contributed by atoms with Crippen LogP contribution in [0.15, 0.2) is 0 Å². The molecule has 0 spiro atoms. The highest BCUT2D eigenvalue weighted by Gasteiger charge is 2.18. The number of hydrogen-bond acceptors (Lipinski definition) is 2. The van der Waals surface area contributed by atoms with Crippen molar-refractivity contribution in [3.05, 3.63) is 0 Å². The predicted molar refractivity (Wildman–Crippen MR) is 39.3 cm³/mol. The SMILES string of the molecule is CN[C@H]1CCCC[C@@H]1N. The Labute approximate surface area is 56.8 Å². The molecule has 9 heavy (non-hydrogen) atoms. The Bertz CT molecular complexity index is 83.0. The largest absolute Gasteiger partial charge is 0.326 e. The average Bonchev–Trinajstić information content (AvgIpc) is 1.89. The molecule has 1 fully saturated rings. The van der Waals surface area contributed by atoms with Gasteiger partial charge in [0.25, 0.3) is 0 Å². The molecule has 0 aromatic carbocycles. The second-order valence-electron chi connectivity index (χ2n) is 2.84. The van der Waals surface area contributed by atoms with Gasteiger partial charge < -0.3 is 11.1 Å². The zero-order valence-electron chi connectivity index (χ0n) is 6.06. The lowest BCUT2D eigenvalue weighted by Gasteiger charge is -2.27. The number of likely N-dealkylation sites (N-methyl/N-ethyl adjacent to an activating group) is 1. The van der Waals surface area contributed by atoms with E-state index in [1.807, 2.05) is 7.05 Å². The van der Waals surface area contributed by atoms with Crippen molar-refractivity contribution >= 4 is 0 Å². The summed E-state index contributed by atoms with van der Waals surface area (Å²) < 4.78 is 0. The van der Waals surface area contributed by atoms with Crippen LogP contribution in [0.5, 0.6) is 0 Å². The fourth-order valence-electron chi connectivity index (χ4n) is 1.52. The van der Waals surface area contributed by atoms with Gasteiger partial charge in [0.1, 0.15) is 0 Å². The number of hydrogen-bond donors (Lipinski definition) is 2. The summed E-state index contributed by atoms with van der Waals surface area (Å²) in [4.78, 5) is 0. The maximum absolute atomic E-state index is 5.83. The van der Waals surface area contributed by atoms with Gasteiger partial charge >= 0.3 is 0 Å². The Kier molecular flexibility index (Phi) is 2.49. The van der Waals surface area contributed by atoms with Crippen LogP contribution >= 0.6 is 0 Å². The lowest BCUT2D eigenvalue weighted by Crippen LogP contribution is -2.45. The van der Waals surface area contributed by atoms with E-state index in [1.165, 1.54) is 25.7 Å². The second kappa shape index (κ2) is 3.18. The van der Waals surface area contributed by atoms with Crippen molar-refractivity contribution in [1.82, 2.24) is 5.32 Å². The normalized spacial score (nSPS) is 36.7. The molecule has 0 aliphatic heterocycles. The monoisotopic (exact) mass is 128 g/mol. The number of nitrogens with one attached hydrogen (secondary N) is 1. The van der Waals surface area contributed by atoms with Crippen LogP contribution in [0.2, 0.25) is 0 Å². The van der Waals surface area contributed by atoms with Gasteiger partial charge in [0.2, 0.25) is 0 Å². The van der Waals surface area contributed by atoms with Gasteiger partial charge in [-0.05, 0) is 19.9 Å². The molecule has 2 nitrogen and oxygen atoms in total. The Balaban J connectivity index is 2.30. The summed E-state index contributed by atoms with van der Waals surface area (Å²) in [6, 6.07) is 0.988. The third-order valence-corrected chi connectivity index (χ3v) is 2.19. The van der Waals surface area contributed by atoms with Crippen molar-refractivity contribution in [2.75, 3.05) is 7.05 Å². The van der Waals surface area contributed by atoms with Crippen LogP contribution in [0.1, 0.15) is 25.7 Å². The first-order chi connectivity index (χ1) is 4.34. The quantitative estimate of drug-likeness (QED) is 0.539. The molecule has 0 radical (unpaired) electrons. The Morgan fingerprint density at radius 2 is 2.00 bits per heavy atom. The lowest BCUT2D eigenvalue weighted by molar-refractivity contribution is 0.344. The zero-order valence-corrected chi connectivity index (χ0v) is 6.06. The van der Waals surface area contributed by atoms with Gasteiger partial charge in [-0.1, -0.05) is 12.8 Å². The first-order valence-corrected chi connectivity index (χ1v) is 3.77. The summed E-state index contributed by atoms with van der Waals surface area (Å²) in [5.74, 6) is 0. The lowest BCUT2D eigenvalue weighted by atomic mass is 9.91. The van der Waals surface area contributed by atoms with E-state index in [2.05, 4.69) is 5.32 Å². The molecule has 0 saturated heterocycles. The number of rotatable bonds is 1. The van der Waals surface area contributed by atoms with E-state index in [-0.39, 0.29) is 0 Å². The zero-order chi connectivity index (χ0) is 6.69. The smallest absolute Gasteiger partial charge is 0.0216 e. The molecule has 0 aromatic rings. The molecule has 1 aliphatic rings. The summed E-state index contributed by atoms with van der Waals surface area (Å²) in [6.45, 7) is 0. The van der Waals surface area contributed by atoms with Crippen molar-refractivity contribution in [1.29, 1.82) is 0 Å². The van der Waals surface area contributed by atoms with Gasteiger partial charge in [-0.2, -0.15) is 0 Å². The van der Waals surface area contributed by atoms with Crippen LogP contribution in [0.25, 0.3) is 0 Å². The molecule has 0 amide bonds. The minimum absolute atomic E-state index is 0.406. The Morgan fingerprint density at radius 1 is 1.33 bits per heavy atom. The molecule has 0 bridgehead atoms. The van der Waals surface area contributed by atoms with Gasteiger partial charge in [-0.25, -0.2) is 0 Å². The van der Waals surface area contributed by atoms with Gasteiger partial charge in [-0.15, -0.1) is 0 Å². The molecule has 2 atom stereocenters. The van der Waals surface area contributed by atoms with Crippen molar-refractivity contribution in [2.24, 2.45) is 5.73 Å². The summed E-state index contributed by atoms with van der Waals surface area (Å²) in [5, 5.41) is 3.23. The standard InChI is InChI=1S/C7H16N2/c1-9-7-5-3-2-4-6(7)8/h6-7,9H,2-5,8H2,1H3/t6-,7-/m0/s1. The van der Waals surface area contributed by atoms with Crippen LogP contribution in [0, 0.1) is 0 Å². The molecule has 1 saturated carbocycles. The molecule has 3 N–H and O–H groups in total. The fraction of sp³-hybridized carbons (Fsp3) is 1.00. The summed E-state index contributed by atoms with van der Waals surface area (Å²) in [6.07, 6.45) is 5.13. The van der Waals surface area contributed by atoms with Gasteiger partial charge in [0.15, 0.2) is 0 Å². The molecule has 1 aliphatic carbocycles. The first kappa shape index (κ1) is 7.03.